The van der Waals surface area contributed by atoms with Crippen molar-refractivity contribution in [3.63, 3.8) is 0 Å². The first-order chi connectivity index (χ1) is 8.09. The minimum absolute atomic E-state index is 0.248. The SMILES string of the molecule is O=S(=O)(N[C@@H]1CCCC[C@H]1O)c1ccccc1. The lowest BCUT2D eigenvalue weighted by molar-refractivity contribution is 0.101. The maximum absolute atomic E-state index is 12.0. The van der Waals surface area contributed by atoms with Crippen molar-refractivity contribution in [2.45, 2.75) is 42.7 Å². The lowest BCUT2D eigenvalue weighted by Gasteiger charge is -2.28. The minimum atomic E-state index is -3.50. The molecule has 0 spiro atoms. The highest BCUT2D eigenvalue weighted by molar-refractivity contribution is 7.89. The summed E-state index contributed by atoms with van der Waals surface area (Å²) in [5.41, 5.74) is 0. The van der Waals surface area contributed by atoms with Crippen molar-refractivity contribution in [2.24, 2.45) is 0 Å². The fraction of sp³-hybridized carbons (Fsp3) is 0.500. The van der Waals surface area contributed by atoms with Crippen molar-refractivity contribution in [3.8, 4) is 0 Å². The average molecular weight is 255 g/mol. The molecule has 94 valence electrons. The molecule has 0 aromatic heterocycles. The summed E-state index contributed by atoms with van der Waals surface area (Å²) in [6, 6.07) is 7.90. The fourth-order valence-corrected chi connectivity index (χ4v) is 3.44. The predicted molar refractivity (Wildman–Crippen MR) is 65.0 cm³/mol. The average Bonchev–Trinajstić information content (AvgIpc) is 2.33. The molecule has 0 bridgehead atoms. The topological polar surface area (TPSA) is 66.4 Å². The first-order valence-corrected chi connectivity index (χ1v) is 7.33. The Bertz CT molecular complexity index is 458. The van der Waals surface area contributed by atoms with Crippen LogP contribution in [0.5, 0.6) is 0 Å². The molecule has 1 aromatic carbocycles. The van der Waals surface area contributed by atoms with E-state index in [0.29, 0.717) is 12.8 Å². The summed E-state index contributed by atoms with van der Waals surface area (Å²) in [6.45, 7) is 0. The number of hydrogen-bond donors (Lipinski definition) is 2. The van der Waals surface area contributed by atoms with Crippen LogP contribution in [-0.4, -0.2) is 25.7 Å². The molecule has 5 heteroatoms. The lowest BCUT2D eigenvalue weighted by Crippen LogP contribution is -2.44. The molecule has 1 aromatic rings. The van der Waals surface area contributed by atoms with Gasteiger partial charge in [0.05, 0.1) is 11.0 Å². The molecule has 2 atom stereocenters. The molecule has 0 radical (unpaired) electrons. The number of nitrogens with one attached hydrogen (secondary N) is 1. The van der Waals surface area contributed by atoms with E-state index >= 15 is 0 Å². The summed E-state index contributed by atoms with van der Waals surface area (Å²) in [4.78, 5) is 0.248. The van der Waals surface area contributed by atoms with Crippen LogP contribution in [0.25, 0.3) is 0 Å². The maximum atomic E-state index is 12.0. The highest BCUT2D eigenvalue weighted by Crippen LogP contribution is 2.20. The first-order valence-electron chi connectivity index (χ1n) is 5.85. The zero-order chi connectivity index (χ0) is 12.3. The summed E-state index contributed by atoms with van der Waals surface area (Å²) in [7, 11) is -3.50. The van der Waals surface area contributed by atoms with Crippen LogP contribution in [0.3, 0.4) is 0 Å². The van der Waals surface area contributed by atoms with Gasteiger partial charge in [0.2, 0.25) is 10.0 Å². The molecule has 17 heavy (non-hydrogen) atoms. The van der Waals surface area contributed by atoms with Crippen LogP contribution >= 0.6 is 0 Å². The van der Waals surface area contributed by atoms with E-state index in [1.54, 1.807) is 30.3 Å². The summed E-state index contributed by atoms with van der Waals surface area (Å²) in [5.74, 6) is 0. The number of aliphatic hydroxyl groups excluding tert-OH is 1. The molecular formula is C12H17NO3S. The highest BCUT2D eigenvalue weighted by atomic mass is 32.2. The van der Waals surface area contributed by atoms with E-state index in [-0.39, 0.29) is 10.9 Å². The van der Waals surface area contributed by atoms with Gasteiger partial charge in [0.15, 0.2) is 0 Å². The van der Waals surface area contributed by atoms with E-state index in [9.17, 15) is 13.5 Å². The van der Waals surface area contributed by atoms with E-state index in [4.69, 9.17) is 0 Å². The Morgan fingerprint density at radius 2 is 1.76 bits per heavy atom. The van der Waals surface area contributed by atoms with Gasteiger partial charge in [-0.05, 0) is 25.0 Å². The Morgan fingerprint density at radius 1 is 1.12 bits per heavy atom. The largest absolute Gasteiger partial charge is 0.391 e. The van der Waals surface area contributed by atoms with Gasteiger partial charge in [-0.2, -0.15) is 0 Å². The van der Waals surface area contributed by atoms with Crippen LogP contribution in [0, 0.1) is 0 Å². The van der Waals surface area contributed by atoms with Gasteiger partial charge in [0.1, 0.15) is 0 Å². The van der Waals surface area contributed by atoms with E-state index < -0.39 is 16.1 Å². The normalized spacial score (nSPS) is 25.7. The van der Waals surface area contributed by atoms with Crippen LogP contribution in [0.15, 0.2) is 35.2 Å². The maximum Gasteiger partial charge on any atom is 0.240 e. The third-order valence-corrected chi connectivity index (χ3v) is 4.60. The molecular weight excluding hydrogens is 238 g/mol. The molecule has 2 N–H and O–H groups in total. The Hall–Kier alpha value is -0.910. The monoisotopic (exact) mass is 255 g/mol. The van der Waals surface area contributed by atoms with Gasteiger partial charge in [-0.3, -0.25) is 0 Å². The molecule has 0 aliphatic heterocycles. The summed E-state index contributed by atoms with van der Waals surface area (Å²) >= 11 is 0. The number of benzene rings is 1. The van der Waals surface area contributed by atoms with Crippen LogP contribution in [0.4, 0.5) is 0 Å². The smallest absolute Gasteiger partial charge is 0.240 e. The van der Waals surface area contributed by atoms with Crippen molar-refractivity contribution in [1.29, 1.82) is 0 Å². The molecule has 1 fully saturated rings. The van der Waals surface area contributed by atoms with Crippen LogP contribution in [-0.2, 0) is 10.0 Å². The van der Waals surface area contributed by atoms with Crippen LogP contribution in [0.2, 0.25) is 0 Å². The molecule has 0 unspecified atom stereocenters. The summed E-state index contributed by atoms with van der Waals surface area (Å²) < 4.78 is 26.6. The zero-order valence-electron chi connectivity index (χ0n) is 9.54. The van der Waals surface area contributed by atoms with E-state index in [1.807, 2.05) is 0 Å². The van der Waals surface area contributed by atoms with Crippen molar-refractivity contribution in [3.05, 3.63) is 30.3 Å². The van der Waals surface area contributed by atoms with Gasteiger partial charge in [-0.25, -0.2) is 13.1 Å². The van der Waals surface area contributed by atoms with Gasteiger partial charge >= 0.3 is 0 Å². The second-order valence-electron chi connectivity index (χ2n) is 4.39. The third-order valence-electron chi connectivity index (χ3n) is 3.09. The van der Waals surface area contributed by atoms with Gasteiger partial charge in [0, 0.05) is 6.04 Å². The highest BCUT2D eigenvalue weighted by Gasteiger charge is 2.27. The lowest BCUT2D eigenvalue weighted by atomic mass is 9.93. The van der Waals surface area contributed by atoms with Crippen LogP contribution in [0.1, 0.15) is 25.7 Å². The summed E-state index contributed by atoms with van der Waals surface area (Å²) in [5, 5.41) is 9.75. The molecule has 4 nitrogen and oxygen atoms in total. The minimum Gasteiger partial charge on any atom is -0.391 e. The summed E-state index contributed by atoms with van der Waals surface area (Å²) in [6.07, 6.45) is 2.72. The quantitative estimate of drug-likeness (QED) is 0.854. The van der Waals surface area contributed by atoms with Crippen molar-refractivity contribution >= 4 is 10.0 Å². The van der Waals surface area contributed by atoms with Crippen molar-refractivity contribution < 1.29 is 13.5 Å². The molecule has 0 amide bonds. The number of aliphatic hydroxyl groups is 1. The molecule has 1 aliphatic rings. The fourth-order valence-electron chi connectivity index (χ4n) is 2.12. The van der Waals surface area contributed by atoms with E-state index in [2.05, 4.69) is 4.72 Å². The Kier molecular flexibility index (Phi) is 3.81. The Labute approximate surface area is 102 Å². The van der Waals surface area contributed by atoms with Gasteiger partial charge in [-0.1, -0.05) is 31.0 Å². The zero-order valence-corrected chi connectivity index (χ0v) is 10.4. The van der Waals surface area contributed by atoms with Crippen molar-refractivity contribution in [2.75, 3.05) is 0 Å². The molecule has 1 saturated carbocycles. The third kappa shape index (κ3) is 3.06. The molecule has 0 saturated heterocycles. The first kappa shape index (κ1) is 12.5. The molecule has 0 heterocycles. The number of hydrogen-bond acceptors (Lipinski definition) is 3. The van der Waals surface area contributed by atoms with E-state index in [1.165, 1.54) is 0 Å². The Morgan fingerprint density at radius 3 is 2.41 bits per heavy atom. The van der Waals surface area contributed by atoms with Gasteiger partial charge in [0.25, 0.3) is 0 Å². The second-order valence-corrected chi connectivity index (χ2v) is 6.11. The second kappa shape index (κ2) is 5.16. The van der Waals surface area contributed by atoms with Gasteiger partial charge < -0.3 is 5.11 Å². The number of sulfonamides is 1. The molecule has 2 rings (SSSR count). The van der Waals surface area contributed by atoms with Gasteiger partial charge in [-0.15, -0.1) is 0 Å². The van der Waals surface area contributed by atoms with Crippen molar-refractivity contribution in [1.82, 2.24) is 4.72 Å². The Balaban J connectivity index is 2.12. The van der Waals surface area contributed by atoms with Crippen LogP contribution < -0.4 is 4.72 Å². The number of rotatable bonds is 3. The molecule has 1 aliphatic carbocycles. The standard InChI is InChI=1S/C12H17NO3S/c14-12-9-5-4-8-11(12)13-17(15,16)10-6-2-1-3-7-10/h1-3,6-7,11-14H,4-5,8-9H2/t11-,12-/m1/s1. The van der Waals surface area contributed by atoms with E-state index in [0.717, 1.165) is 12.8 Å². The predicted octanol–water partition coefficient (Wildman–Crippen LogP) is 1.27.